The predicted octanol–water partition coefficient (Wildman–Crippen LogP) is 2.74. The highest BCUT2D eigenvalue weighted by Gasteiger charge is 2.05. The molecule has 4 nitrogen and oxygen atoms in total. The van der Waals surface area contributed by atoms with Crippen LogP contribution in [0, 0.1) is 0 Å². The molecule has 0 spiro atoms. The van der Waals surface area contributed by atoms with Crippen LogP contribution >= 0.6 is 12.2 Å². The number of pyridine rings is 1. The maximum absolute atomic E-state index is 5.53. The molecule has 3 N–H and O–H groups in total. The van der Waals surface area contributed by atoms with Gasteiger partial charge in [-0.2, -0.15) is 0 Å². The van der Waals surface area contributed by atoms with Crippen LogP contribution in [0.1, 0.15) is 24.7 Å². The number of hydrogen-bond donors (Lipinski definition) is 2. The molecule has 1 atom stereocenters. The van der Waals surface area contributed by atoms with E-state index in [4.69, 9.17) is 22.4 Å². The topological polar surface area (TPSA) is 64.1 Å². The zero-order chi connectivity index (χ0) is 13.7. The number of aromatic nitrogens is 1. The Morgan fingerprint density at radius 2 is 2.32 bits per heavy atom. The Labute approximate surface area is 118 Å². The molecule has 5 heteroatoms. The van der Waals surface area contributed by atoms with Crippen molar-refractivity contribution < 1.29 is 4.42 Å². The first-order chi connectivity index (χ1) is 9.15. The number of thiocarbonyl (C=S) groups is 1. The van der Waals surface area contributed by atoms with E-state index in [0.29, 0.717) is 11.0 Å². The molecule has 1 unspecified atom stereocenters. The number of hydrogen-bond acceptors (Lipinski definition) is 4. The number of furan rings is 1. The number of nitrogens with two attached hydrogens (primary N) is 1. The average Bonchev–Trinajstić information content (AvgIpc) is 2.90. The minimum absolute atomic E-state index is 0.313. The van der Waals surface area contributed by atoms with Crippen molar-refractivity contribution in [2.75, 3.05) is 5.32 Å². The third-order valence-corrected chi connectivity index (χ3v) is 3.08. The molecular weight excluding hydrogens is 258 g/mol. The smallest absolute Gasteiger partial charge is 0.126 e. The summed E-state index contributed by atoms with van der Waals surface area (Å²) in [6.07, 6.45) is 5.27. The van der Waals surface area contributed by atoms with Gasteiger partial charge in [0.2, 0.25) is 0 Å². The van der Waals surface area contributed by atoms with E-state index in [-0.39, 0.29) is 0 Å². The standard InChI is InChI=1S/C14H17N3OS/c1-10(4-6-12-3-2-8-18-12)17-13-7-5-11(9-16-13)14(15)19/h2-3,5,7-10H,4,6H2,1H3,(H2,15,19)(H,16,17). The average molecular weight is 275 g/mol. The lowest BCUT2D eigenvalue weighted by atomic mass is 10.1. The lowest BCUT2D eigenvalue weighted by molar-refractivity contribution is 0.495. The van der Waals surface area contributed by atoms with Crippen molar-refractivity contribution in [2.45, 2.75) is 25.8 Å². The molecule has 2 heterocycles. The molecule has 100 valence electrons. The van der Waals surface area contributed by atoms with E-state index in [1.54, 1.807) is 12.5 Å². The van der Waals surface area contributed by atoms with E-state index in [9.17, 15) is 0 Å². The summed E-state index contributed by atoms with van der Waals surface area (Å²) in [6.45, 7) is 2.12. The highest BCUT2D eigenvalue weighted by Crippen LogP contribution is 2.11. The molecule has 0 aromatic carbocycles. The summed E-state index contributed by atoms with van der Waals surface area (Å²) in [7, 11) is 0. The second-order valence-electron chi connectivity index (χ2n) is 4.46. The quantitative estimate of drug-likeness (QED) is 0.794. The fourth-order valence-corrected chi connectivity index (χ4v) is 1.88. The number of rotatable bonds is 6. The summed E-state index contributed by atoms with van der Waals surface area (Å²) in [5, 5.41) is 3.33. The van der Waals surface area contributed by atoms with Crippen LogP contribution in [0.15, 0.2) is 41.1 Å². The molecule has 2 aromatic heterocycles. The molecule has 0 aliphatic heterocycles. The van der Waals surface area contributed by atoms with Crippen molar-refractivity contribution in [3.8, 4) is 0 Å². The Kier molecular flexibility index (Phi) is 4.52. The largest absolute Gasteiger partial charge is 0.469 e. The van der Waals surface area contributed by atoms with Crippen LogP contribution < -0.4 is 11.1 Å². The second kappa shape index (κ2) is 6.33. The van der Waals surface area contributed by atoms with Gasteiger partial charge in [0.25, 0.3) is 0 Å². The normalized spacial score (nSPS) is 12.1. The Morgan fingerprint density at radius 1 is 1.47 bits per heavy atom. The van der Waals surface area contributed by atoms with Crippen molar-refractivity contribution in [1.29, 1.82) is 0 Å². The number of nitrogens with zero attached hydrogens (tertiary/aromatic N) is 1. The first-order valence-corrected chi connectivity index (χ1v) is 6.61. The van der Waals surface area contributed by atoms with Gasteiger partial charge in [0.05, 0.1) is 6.26 Å². The Hall–Kier alpha value is -1.88. The Morgan fingerprint density at radius 3 is 2.89 bits per heavy atom. The van der Waals surface area contributed by atoms with Gasteiger partial charge in [-0.3, -0.25) is 0 Å². The van der Waals surface area contributed by atoms with Gasteiger partial charge in [-0.15, -0.1) is 0 Å². The zero-order valence-electron chi connectivity index (χ0n) is 10.8. The fourth-order valence-electron chi connectivity index (χ4n) is 1.76. The van der Waals surface area contributed by atoms with E-state index < -0.39 is 0 Å². The summed E-state index contributed by atoms with van der Waals surface area (Å²) < 4.78 is 5.30. The molecule has 0 saturated carbocycles. The van der Waals surface area contributed by atoms with Crippen molar-refractivity contribution in [1.82, 2.24) is 4.98 Å². The molecule has 2 rings (SSSR count). The monoisotopic (exact) mass is 275 g/mol. The van der Waals surface area contributed by atoms with Gasteiger partial charge in [0.15, 0.2) is 0 Å². The molecular formula is C14H17N3OS. The summed E-state index contributed by atoms with van der Waals surface area (Å²) in [5.41, 5.74) is 6.31. The van der Waals surface area contributed by atoms with E-state index in [1.807, 2.05) is 24.3 Å². The van der Waals surface area contributed by atoms with Crippen molar-refractivity contribution in [3.05, 3.63) is 48.0 Å². The predicted molar refractivity (Wildman–Crippen MR) is 80.2 cm³/mol. The molecule has 2 aromatic rings. The second-order valence-corrected chi connectivity index (χ2v) is 4.90. The SMILES string of the molecule is CC(CCc1ccco1)Nc1ccc(C(N)=S)cn1. The summed E-state index contributed by atoms with van der Waals surface area (Å²) >= 11 is 4.89. The van der Waals surface area contributed by atoms with Gasteiger partial charge in [-0.05, 0) is 37.6 Å². The minimum atomic E-state index is 0.313. The maximum atomic E-state index is 5.53. The molecule has 0 fully saturated rings. The highest BCUT2D eigenvalue weighted by atomic mass is 32.1. The fraction of sp³-hybridized carbons (Fsp3) is 0.286. The lowest BCUT2D eigenvalue weighted by Gasteiger charge is -2.13. The van der Waals surface area contributed by atoms with Crippen LogP contribution in [0.2, 0.25) is 0 Å². The van der Waals surface area contributed by atoms with E-state index in [1.165, 1.54) is 0 Å². The zero-order valence-corrected chi connectivity index (χ0v) is 11.6. The molecule has 0 aliphatic carbocycles. The first-order valence-electron chi connectivity index (χ1n) is 6.20. The Balaban J connectivity index is 1.84. The molecule has 0 bridgehead atoms. The van der Waals surface area contributed by atoms with E-state index in [0.717, 1.165) is 30.0 Å². The number of anilines is 1. The van der Waals surface area contributed by atoms with Gasteiger partial charge < -0.3 is 15.5 Å². The van der Waals surface area contributed by atoms with Gasteiger partial charge in [0.1, 0.15) is 16.6 Å². The van der Waals surface area contributed by atoms with Crippen molar-refractivity contribution in [2.24, 2.45) is 5.73 Å². The van der Waals surface area contributed by atoms with E-state index >= 15 is 0 Å². The number of nitrogens with one attached hydrogen (secondary N) is 1. The van der Waals surface area contributed by atoms with Crippen molar-refractivity contribution in [3.63, 3.8) is 0 Å². The maximum Gasteiger partial charge on any atom is 0.126 e. The minimum Gasteiger partial charge on any atom is -0.469 e. The van der Waals surface area contributed by atoms with Gasteiger partial charge >= 0.3 is 0 Å². The van der Waals surface area contributed by atoms with E-state index in [2.05, 4.69) is 17.2 Å². The van der Waals surface area contributed by atoms with Crippen LogP contribution in [0.3, 0.4) is 0 Å². The summed E-state index contributed by atoms with van der Waals surface area (Å²) in [6, 6.07) is 7.97. The highest BCUT2D eigenvalue weighted by molar-refractivity contribution is 7.80. The number of aryl methyl sites for hydroxylation is 1. The van der Waals surface area contributed by atoms with Gasteiger partial charge in [0, 0.05) is 24.2 Å². The van der Waals surface area contributed by atoms with Crippen molar-refractivity contribution >= 4 is 23.0 Å². The van der Waals surface area contributed by atoms with Crippen LogP contribution in [0.4, 0.5) is 5.82 Å². The van der Waals surface area contributed by atoms with Crippen LogP contribution in [-0.4, -0.2) is 16.0 Å². The Bertz CT molecular complexity index is 522. The van der Waals surface area contributed by atoms with Crippen LogP contribution in [0.25, 0.3) is 0 Å². The van der Waals surface area contributed by atoms with Gasteiger partial charge in [-0.1, -0.05) is 12.2 Å². The third-order valence-electron chi connectivity index (χ3n) is 2.85. The molecule has 0 aliphatic rings. The van der Waals surface area contributed by atoms with Crippen LogP contribution in [0.5, 0.6) is 0 Å². The molecule has 0 amide bonds. The van der Waals surface area contributed by atoms with Gasteiger partial charge in [-0.25, -0.2) is 4.98 Å². The molecule has 19 heavy (non-hydrogen) atoms. The molecule has 0 radical (unpaired) electrons. The van der Waals surface area contributed by atoms with Crippen LogP contribution in [-0.2, 0) is 6.42 Å². The summed E-state index contributed by atoms with van der Waals surface area (Å²) in [4.78, 5) is 4.65. The summed E-state index contributed by atoms with van der Waals surface area (Å²) in [5.74, 6) is 1.83. The first kappa shape index (κ1) is 13.5. The molecule has 0 saturated heterocycles. The lowest BCUT2D eigenvalue weighted by Crippen LogP contribution is -2.17. The third kappa shape index (κ3) is 4.06.